The minimum absolute atomic E-state index is 0.00495. The highest BCUT2D eigenvalue weighted by Gasteiger charge is 2.49. The fourth-order valence-corrected chi connectivity index (χ4v) is 4.85. The van der Waals surface area contributed by atoms with Crippen LogP contribution in [0.25, 0.3) is 0 Å². The van der Waals surface area contributed by atoms with Crippen LogP contribution in [-0.2, 0) is 15.3 Å². The lowest BCUT2D eigenvalue weighted by Crippen LogP contribution is -2.57. The molecule has 1 aromatic rings. The van der Waals surface area contributed by atoms with Crippen molar-refractivity contribution in [1.82, 2.24) is 0 Å². The van der Waals surface area contributed by atoms with Gasteiger partial charge in [0.1, 0.15) is 0 Å². The van der Waals surface area contributed by atoms with Crippen molar-refractivity contribution in [2.24, 2.45) is 5.73 Å². The summed E-state index contributed by atoms with van der Waals surface area (Å²) in [5.41, 5.74) is 5.99. The van der Waals surface area contributed by atoms with Crippen molar-refractivity contribution in [2.45, 2.75) is 42.5 Å². The number of hydrogen-bond acceptors (Lipinski definition) is 4. The molecule has 1 atom stereocenters. The number of aliphatic hydroxyl groups excluding tert-OH is 1. The van der Waals surface area contributed by atoms with Crippen LogP contribution in [0.1, 0.15) is 32.3 Å². The van der Waals surface area contributed by atoms with Gasteiger partial charge in [-0.2, -0.15) is 0 Å². The van der Waals surface area contributed by atoms with Gasteiger partial charge in [0.2, 0.25) is 0 Å². The molecular formula is C14H21NO3S. The molecular weight excluding hydrogens is 262 g/mol. The number of fused-ring (bicyclic) bond motifs is 1. The number of sulfone groups is 1. The van der Waals surface area contributed by atoms with E-state index in [1.807, 2.05) is 26.0 Å². The van der Waals surface area contributed by atoms with E-state index in [-0.39, 0.29) is 12.4 Å². The number of aliphatic hydroxyl groups is 1. The van der Waals surface area contributed by atoms with Crippen molar-refractivity contribution in [1.29, 1.82) is 0 Å². The molecule has 1 aromatic carbocycles. The highest BCUT2D eigenvalue weighted by Crippen LogP contribution is 2.46. The van der Waals surface area contributed by atoms with E-state index in [9.17, 15) is 13.5 Å². The molecule has 0 amide bonds. The molecule has 0 radical (unpaired) electrons. The molecule has 0 saturated carbocycles. The molecule has 3 N–H and O–H groups in total. The maximum absolute atomic E-state index is 12.2. The average Bonchev–Trinajstić information content (AvgIpc) is 2.32. The summed E-state index contributed by atoms with van der Waals surface area (Å²) in [6, 6.07) is 7.03. The van der Waals surface area contributed by atoms with Gasteiger partial charge in [-0.15, -0.1) is 0 Å². The summed E-state index contributed by atoms with van der Waals surface area (Å²) in [5.74, 6) is 0.0879. The Morgan fingerprint density at radius 1 is 1.37 bits per heavy atom. The fraction of sp³-hybridized carbons (Fsp3) is 0.571. The molecule has 0 aliphatic carbocycles. The van der Waals surface area contributed by atoms with Gasteiger partial charge in [0.15, 0.2) is 9.84 Å². The smallest absolute Gasteiger partial charge is 0.178 e. The Bertz CT molecular complexity index is 575. The zero-order valence-corrected chi connectivity index (χ0v) is 12.2. The first-order valence-corrected chi connectivity index (χ1v) is 8.12. The molecule has 0 fully saturated rings. The predicted octanol–water partition coefficient (Wildman–Crippen LogP) is 1.22. The second-order valence-corrected chi connectivity index (χ2v) is 7.92. The first-order chi connectivity index (χ1) is 8.74. The van der Waals surface area contributed by atoms with Gasteiger partial charge < -0.3 is 10.8 Å². The highest BCUT2D eigenvalue weighted by atomic mass is 32.2. The van der Waals surface area contributed by atoms with E-state index in [0.717, 1.165) is 5.56 Å². The lowest BCUT2D eigenvalue weighted by atomic mass is 9.63. The van der Waals surface area contributed by atoms with Crippen molar-refractivity contribution < 1.29 is 13.5 Å². The van der Waals surface area contributed by atoms with E-state index in [1.165, 1.54) is 0 Å². The molecule has 0 spiro atoms. The van der Waals surface area contributed by atoms with E-state index in [0.29, 0.717) is 17.7 Å². The molecule has 106 valence electrons. The second kappa shape index (κ2) is 4.58. The topological polar surface area (TPSA) is 80.4 Å². The van der Waals surface area contributed by atoms with Gasteiger partial charge in [-0.3, -0.25) is 0 Å². The maximum atomic E-state index is 12.2. The lowest BCUT2D eigenvalue weighted by molar-refractivity contribution is 0.166. The van der Waals surface area contributed by atoms with Gasteiger partial charge in [0.05, 0.1) is 10.6 Å². The predicted molar refractivity (Wildman–Crippen MR) is 74.8 cm³/mol. The van der Waals surface area contributed by atoms with Crippen LogP contribution in [-0.4, -0.2) is 31.4 Å². The largest absolute Gasteiger partial charge is 0.396 e. The Morgan fingerprint density at radius 3 is 2.58 bits per heavy atom. The Morgan fingerprint density at radius 2 is 2.00 bits per heavy atom. The van der Waals surface area contributed by atoms with Crippen LogP contribution in [0.5, 0.6) is 0 Å². The molecule has 2 rings (SSSR count). The van der Waals surface area contributed by atoms with Gasteiger partial charge >= 0.3 is 0 Å². The summed E-state index contributed by atoms with van der Waals surface area (Å²) in [4.78, 5) is 0.369. The molecule has 19 heavy (non-hydrogen) atoms. The first-order valence-electron chi connectivity index (χ1n) is 6.47. The van der Waals surface area contributed by atoms with Crippen LogP contribution < -0.4 is 5.73 Å². The monoisotopic (exact) mass is 283 g/mol. The van der Waals surface area contributed by atoms with E-state index in [1.54, 1.807) is 12.1 Å². The van der Waals surface area contributed by atoms with Crippen molar-refractivity contribution >= 4 is 9.84 Å². The van der Waals surface area contributed by atoms with Gasteiger partial charge in [0, 0.05) is 17.6 Å². The van der Waals surface area contributed by atoms with Gasteiger partial charge in [0.25, 0.3) is 0 Å². The quantitative estimate of drug-likeness (QED) is 0.874. The highest BCUT2D eigenvalue weighted by molar-refractivity contribution is 7.91. The van der Waals surface area contributed by atoms with Gasteiger partial charge in [-0.05, 0) is 38.3 Å². The summed E-state index contributed by atoms with van der Waals surface area (Å²) in [5, 5.41) is 9.40. The average molecular weight is 283 g/mol. The number of hydrogen-bond donors (Lipinski definition) is 2. The SMILES string of the molecule is CC(C)(N)C1(CCO)CCS(=O)(=O)c2ccccc21. The first kappa shape index (κ1) is 14.5. The van der Waals surface area contributed by atoms with E-state index in [2.05, 4.69) is 0 Å². The van der Waals surface area contributed by atoms with Crippen molar-refractivity contribution in [2.75, 3.05) is 12.4 Å². The zero-order chi connectivity index (χ0) is 14.3. The lowest BCUT2D eigenvalue weighted by Gasteiger charge is -2.48. The molecule has 0 bridgehead atoms. The van der Waals surface area contributed by atoms with Crippen LogP contribution in [0.4, 0.5) is 0 Å². The Hall–Kier alpha value is -0.910. The normalized spacial score (nSPS) is 25.9. The summed E-state index contributed by atoms with van der Waals surface area (Å²) in [7, 11) is -3.23. The third kappa shape index (κ3) is 2.20. The number of nitrogens with two attached hydrogens (primary N) is 1. The molecule has 4 nitrogen and oxygen atoms in total. The maximum Gasteiger partial charge on any atom is 0.178 e. The molecule has 0 saturated heterocycles. The minimum atomic E-state index is -3.23. The van der Waals surface area contributed by atoms with Crippen molar-refractivity contribution in [3.8, 4) is 0 Å². The number of benzene rings is 1. The molecule has 1 heterocycles. The van der Waals surface area contributed by atoms with E-state index in [4.69, 9.17) is 5.73 Å². The van der Waals surface area contributed by atoms with Crippen molar-refractivity contribution in [3.63, 3.8) is 0 Å². The Labute approximate surface area is 114 Å². The zero-order valence-electron chi connectivity index (χ0n) is 11.4. The van der Waals surface area contributed by atoms with E-state index < -0.39 is 20.8 Å². The van der Waals surface area contributed by atoms with Crippen LogP contribution >= 0.6 is 0 Å². The van der Waals surface area contributed by atoms with Gasteiger partial charge in [-0.25, -0.2) is 8.42 Å². The summed E-state index contributed by atoms with van der Waals surface area (Å²) < 4.78 is 24.4. The molecule has 1 aliphatic rings. The third-order valence-electron chi connectivity index (χ3n) is 4.31. The number of rotatable bonds is 3. The summed E-state index contributed by atoms with van der Waals surface area (Å²) >= 11 is 0. The second-order valence-electron chi connectivity index (χ2n) is 5.84. The molecule has 1 unspecified atom stereocenters. The van der Waals surface area contributed by atoms with Crippen LogP contribution in [0.15, 0.2) is 29.2 Å². The van der Waals surface area contributed by atoms with E-state index >= 15 is 0 Å². The molecule has 1 aliphatic heterocycles. The third-order valence-corrected chi connectivity index (χ3v) is 6.07. The molecule has 0 aromatic heterocycles. The van der Waals surface area contributed by atoms with Crippen LogP contribution in [0.2, 0.25) is 0 Å². The standard InChI is InChI=1S/C14H21NO3S/c1-13(2,15)14(7-9-16)8-10-19(17,18)12-6-4-3-5-11(12)14/h3-6,16H,7-10,15H2,1-2H3. The summed E-state index contributed by atoms with van der Waals surface area (Å²) in [6.45, 7) is 3.80. The molecule has 5 heteroatoms. The Balaban J connectivity index is 2.73. The Kier molecular flexibility index (Phi) is 3.49. The van der Waals surface area contributed by atoms with Crippen molar-refractivity contribution in [3.05, 3.63) is 29.8 Å². The van der Waals surface area contributed by atoms with Crippen LogP contribution in [0, 0.1) is 0 Å². The fourth-order valence-electron chi connectivity index (χ4n) is 3.13. The summed E-state index contributed by atoms with van der Waals surface area (Å²) in [6.07, 6.45) is 0.930. The minimum Gasteiger partial charge on any atom is -0.396 e. The van der Waals surface area contributed by atoms with Crippen LogP contribution in [0.3, 0.4) is 0 Å². The van der Waals surface area contributed by atoms with Gasteiger partial charge in [-0.1, -0.05) is 18.2 Å².